The first-order valence-corrected chi connectivity index (χ1v) is 12.0. The molecular formula is C25H42O3. The monoisotopic (exact) mass is 390 g/mol. The zero-order valence-corrected chi connectivity index (χ0v) is 18.5. The number of aliphatic hydroxyl groups is 2. The summed E-state index contributed by atoms with van der Waals surface area (Å²) in [5.74, 6) is 4.00. The van der Waals surface area contributed by atoms with E-state index >= 15 is 0 Å². The van der Waals surface area contributed by atoms with Crippen LogP contribution in [-0.2, 0) is 4.79 Å². The van der Waals surface area contributed by atoms with E-state index in [0.29, 0.717) is 47.2 Å². The first-order chi connectivity index (χ1) is 13.2. The Bertz CT molecular complexity index is 603. The van der Waals surface area contributed by atoms with Crippen molar-refractivity contribution >= 4 is 5.78 Å². The van der Waals surface area contributed by atoms with Gasteiger partial charge in [-0.15, -0.1) is 0 Å². The summed E-state index contributed by atoms with van der Waals surface area (Å²) in [5.41, 5.74) is 0.331. The SMILES string of the molecule is CC(=O)CC[C@@H](C)C1CC[C@H]2C3CCC4C[C@H](O)CCC4(C)[C@H]3C[C@H](O)C12C. The first kappa shape index (κ1) is 20.8. The molecule has 0 aromatic heterocycles. The minimum Gasteiger partial charge on any atom is -0.393 e. The minimum absolute atomic E-state index is 0.0226. The van der Waals surface area contributed by atoms with Crippen LogP contribution in [0.2, 0.25) is 0 Å². The molecule has 4 fully saturated rings. The first-order valence-electron chi connectivity index (χ1n) is 12.0. The summed E-state index contributed by atoms with van der Waals surface area (Å²) < 4.78 is 0. The van der Waals surface area contributed by atoms with Gasteiger partial charge in [0.2, 0.25) is 0 Å². The van der Waals surface area contributed by atoms with Gasteiger partial charge in [0.15, 0.2) is 0 Å². The molecule has 4 saturated carbocycles. The van der Waals surface area contributed by atoms with Crippen molar-refractivity contribution in [3.63, 3.8) is 0 Å². The number of carbonyl (C=O) groups excluding carboxylic acids is 1. The molecule has 0 amide bonds. The van der Waals surface area contributed by atoms with Gasteiger partial charge in [-0.1, -0.05) is 20.8 Å². The molecule has 0 radical (unpaired) electrons. The lowest BCUT2D eigenvalue weighted by Gasteiger charge is -2.62. The van der Waals surface area contributed by atoms with Crippen LogP contribution in [0.5, 0.6) is 0 Å². The lowest BCUT2D eigenvalue weighted by Crippen LogP contribution is -2.58. The number of carbonyl (C=O) groups is 1. The fraction of sp³-hybridized carbons (Fsp3) is 0.960. The molecule has 10 atom stereocenters. The van der Waals surface area contributed by atoms with Gasteiger partial charge in [-0.3, -0.25) is 0 Å². The van der Waals surface area contributed by atoms with Gasteiger partial charge in [0, 0.05) is 6.42 Å². The Hall–Kier alpha value is -0.410. The Morgan fingerprint density at radius 2 is 1.79 bits per heavy atom. The van der Waals surface area contributed by atoms with Crippen molar-refractivity contribution in [2.75, 3.05) is 0 Å². The zero-order chi connectivity index (χ0) is 20.3. The van der Waals surface area contributed by atoms with Gasteiger partial charge in [0.05, 0.1) is 12.2 Å². The van der Waals surface area contributed by atoms with E-state index in [0.717, 1.165) is 38.0 Å². The van der Waals surface area contributed by atoms with Gasteiger partial charge in [-0.25, -0.2) is 0 Å². The molecular weight excluding hydrogens is 348 g/mol. The Kier molecular flexibility index (Phi) is 5.49. The number of rotatable bonds is 4. The van der Waals surface area contributed by atoms with E-state index in [9.17, 15) is 15.0 Å². The molecule has 0 aliphatic heterocycles. The molecule has 3 nitrogen and oxygen atoms in total. The highest BCUT2D eigenvalue weighted by Gasteiger charge is 2.63. The molecule has 0 heterocycles. The van der Waals surface area contributed by atoms with E-state index in [2.05, 4.69) is 20.8 Å². The van der Waals surface area contributed by atoms with Crippen LogP contribution in [0.4, 0.5) is 0 Å². The maximum absolute atomic E-state index is 11.5. The summed E-state index contributed by atoms with van der Waals surface area (Å²) in [4.78, 5) is 11.5. The van der Waals surface area contributed by atoms with Crippen LogP contribution < -0.4 is 0 Å². The number of hydrogen-bond acceptors (Lipinski definition) is 3. The molecule has 5 unspecified atom stereocenters. The average molecular weight is 391 g/mol. The second kappa shape index (κ2) is 7.38. The molecule has 160 valence electrons. The van der Waals surface area contributed by atoms with Gasteiger partial charge in [-0.05, 0) is 111 Å². The molecule has 0 saturated heterocycles. The van der Waals surface area contributed by atoms with Gasteiger partial charge >= 0.3 is 0 Å². The molecule has 4 aliphatic carbocycles. The van der Waals surface area contributed by atoms with Crippen LogP contribution in [0.25, 0.3) is 0 Å². The fourth-order valence-corrected chi connectivity index (χ4v) is 8.79. The van der Waals surface area contributed by atoms with Crippen molar-refractivity contribution in [1.29, 1.82) is 0 Å². The van der Waals surface area contributed by atoms with Crippen molar-refractivity contribution in [2.24, 2.45) is 46.3 Å². The molecule has 4 aliphatic rings. The molecule has 2 N–H and O–H groups in total. The summed E-state index contributed by atoms with van der Waals surface area (Å²) >= 11 is 0. The smallest absolute Gasteiger partial charge is 0.129 e. The molecule has 4 rings (SSSR count). The number of hydrogen-bond donors (Lipinski definition) is 2. The number of fused-ring (bicyclic) bond motifs is 5. The summed E-state index contributed by atoms with van der Waals surface area (Å²) in [6.45, 7) is 8.89. The Labute approximate surface area is 171 Å². The lowest BCUT2D eigenvalue weighted by atomic mass is 9.43. The molecule has 0 bridgehead atoms. The second-order valence-electron chi connectivity index (χ2n) is 11.6. The van der Waals surface area contributed by atoms with Gasteiger partial charge in [0.25, 0.3) is 0 Å². The van der Waals surface area contributed by atoms with Crippen molar-refractivity contribution in [2.45, 2.75) is 104 Å². The summed E-state index contributed by atoms with van der Waals surface area (Å²) in [6.07, 6.45) is 10.4. The molecule has 0 aromatic rings. The minimum atomic E-state index is -0.214. The van der Waals surface area contributed by atoms with Crippen LogP contribution in [0.3, 0.4) is 0 Å². The summed E-state index contributed by atoms with van der Waals surface area (Å²) in [7, 11) is 0. The quantitative estimate of drug-likeness (QED) is 0.711. The highest BCUT2D eigenvalue weighted by molar-refractivity contribution is 5.75. The standard InChI is InChI=1S/C25H42O3/c1-15(5-6-16(2)26)20-9-10-21-19-8-7-17-13-18(27)11-12-24(17,3)22(19)14-23(28)25(20,21)4/h15,17-23,27-28H,5-14H2,1-4H3/t15-,17?,18-,19?,20?,21+,22+,23+,24?,25?/m1/s1. The maximum Gasteiger partial charge on any atom is 0.129 e. The number of aliphatic hydroxyl groups excluding tert-OH is 2. The number of ketones is 1. The second-order valence-corrected chi connectivity index (χ2v) is 11.6. The van der Waals surface area contributed by atoms with E-state index in [-0.39, 0.29) is 17.6 Å². The molecule has 0 spiro atoms. The normalized spacial score (nSPS) is 51.7. The zero-order valence-electron chi connectivity index (χ0n) is 18.5. The van der Waals surface area contributed by atoms with E-state index in [1.165, 1.54) is 25.7 Å². The van der Waals surface area contributed by atoms with E-state index in [1.807, 2.05) is 0 Å². The van der Waals surface area contributed by atoms with Crippen molar-refractivity contribution in [3.8, 4) is 0 Å². The van der Waals surface area contributed by atoms with E-state index < -0.39 is 0 Å². The Morgan fingerprint density at radius 3 is 2.50 bits per heavy atom. The Morgan fingerprint density at radius 1 is 1.04 bits per heavy atom. The van der Waals surface area contributed by atoms with Crippen LogP contribution in [0.15, 0.2) is 0 Å². The van der Waals surface area contributed by atoms with E-state index in [1.54, 1.807) is 6.92 Å². The van der Waals surface area contributed by atoms with E-state index in [4.69, 9.17) is 0 Å². The van der Waals surface area contributed by atoms with Crippen LogP contribution in [0, 0.1) is 46.3 Å². The molecule has 28 heavy (non-hydrogen) atoms. The van der Waals surface area contributed by atoms with Gasteiger partial charge < -0.3 is 15.0 Å². The average Bonchev–Trinajstić information content (AvgIpc) is 3.00. The molecule has 0 aromatic carbocycles. The van der Waals surface area contributed by atoms with Gasteiger partial charge in [-0.2, -0.15) is 0 Å². The van der Waals surface area contributed by atoms with Crippen LogP contribution in [0.1, 0.15) is 91.9 Å². The van der Waals surface area contributed by atoms with Crippen molar-refractivity contribution in [3.05, 3.63) is 0 Å². The third kappa shape index (κ3) is 3.11. The molecule has 3 heteroatoms. The third-order valence-electron chi connectivity index (χ3n) is 10.5. The van der Waals surface area contributed by atoms with Crippen LogP contribution >= 0.6 is 0 Å². The maximum atomic E-state index is 11.5. The third-order valence-corrected chi connectivity index (χ3v) is 10.5. The highest BCUT2D eigenvalue weighted by Crippen LogP contribution is 2.68. The van der Waals surface area contributed by atoms with Crippen LogP contribution in [-0.4, -0.2) is 28.2 Å². The number of Topliss-reactive ketones (excluding diaryl/α,β-unsaturated/α-hetero) is 1. The summed E-state index contributed by atoms with van der Waals surface area (Å²) in [5, 5.41) is 21.7. The topological polar surface area (TPSA) is 57.5 Å². The largest absolute Gasteiger partial charge is 0.393 e. The predicted octanol–water partition coefficient (Wildman–Crippen LogP) is 4.98. The van der Waals surface area contributed by atoms with Gasteiger partial charge in [0.1, 0.15) is 5.78 Å². The predicted molar refractivity (Wildman–Crippen MR) is 112 cm³/mol. The summed E-state index contributed by atoms with van der Waals surface area (Å²) in [6, 6.07) is 0. The lowest BCUT2D eigenvalue weighted by molar-refractivity contribution is -0.174. The van der Waals surface area contributed by atoms with Crippen molar-refractivity contribution < 1.29 is 15.0 Å². The Balaban J connectivity index is 1.56. The highest BCUT2D eigenvalue weighted by atomic mass is 16.3. The van der Waals surface area contributed by atoms with Crippen molar-refractivity contribution in [1.82, 2.24) is 0 Å². The fourth-order valence-electron chi connectivity index (χ4n) is 8.79.